The number of thiazole rings is 1. The first-order chi connectivity index (χ1) is 12.6. The lowest BCUT2D eigenvalue weighted by atomic mass is 10.1. The molecule has 140 valence electrons. The molecule has 9 heteroatoms. The third-order valence-corrected chi connectivity index (χ3v) is 5.50. The van der Waals surface area contributed by atoms with Crippen LogP contribution in [0.1, 0.15) is 59.5 Å². The summed E-state index contributed by atoms with van der Waals surface area (Å²) in [6.07, 6.45) is 9.06. The normalized spacial score (nSPS) is 15.4. The lowest BCUT2D eigenvalue weighted by Crippen LogP contribution is -2.44. The van der Waals surface area contributed by atoms with Crippen molar-refractivity contribution in [3.63, 3.8) is 0 Å². The lowest BCUT2D eigenvalue weighted by Gasteiger charge is -2.31. The minimum absolute atomic E-state index is 0.129. The number of carbonyl (C=O) groups excluding carboxylic acids is 2. The summed E-state index contributed by atoms with van der Waals surface area (Å²) in [5.74, 6) is -0.445. The van der Waals surface area contributed by atoms with E-state index in [-0.39, 0.29) is 23.6 Å². The Bertz CT molecular complexity index is 726. The Morgan fingerprint density at radius 3 is 2.65 bits per heavy atom. The van der Waals surface area contributed by atoms with Crippen LogP contribution < -0.4 is 5.32 Å². The zero-order chi connectivity index (χ0) is 18.4. The number of aromatic nitrogens is 2. The van der Waals surface area contributed by atoms with Gasteiger partial charge in [-0.05, 0) is 12.8 Å². The van der Waals surface area contributed by atoms with Crippen LogP contribution in [0.15, 0.2) is 22.5 Å². The summed E-state index contributed by atoms with van der Waals surface area (Å²) >= 11 is 7.13. The predicted molar refractivity (Wildman–Crippen MR) is 98.5 cm³/mol. The van der Waals surface area contributed by atoms with Crippen molar-refractivity contribution < 1.29 is 14.0 Å². The molecular weight excluding hydrogens is 376 g/mol. The average molecular weight is 397 g/mol. The van der Waals surface area contributed by atoms with E-state index in [4.69, 9.17) is 16.0 Å². The molecule has 0 spiro atoms. The summed E-state index contributed by atoms with van der Waals surface area (Å²) in [7, 11) is 0. The van der Waals surface area contributed by atoms with E-state index >= 15 is 0 Å². The molecule has 0 saturated heterocycles. The largest absolute Gasteiger partial charge is 0.451 e. The SMILES string of the molecule is O=C(NCCN(C(=O)c1csc(Cl)n1)C1CCCCCC1)c1cocn1. The number of nitrogens with one attached hydrogen (secondary N) is 1. The molecule has 0 unspecified atom stereocenters. The summed E-state index contributed by atoms with van der Waals surface area (Å²) in [6.45, 7) is 0.758. The van der Waals surface area contributed by atoms with E-state index < -0.39 is 0 Å². The number of oxazole rings is 1. The van der Waals surface area contributed by atoms with E-state index in [9.17, 15) is 9.59 Å². The van der Waals surface area contributed by atoms with Crippen molar-refractivity contribution in [3.8, 4) is 0 Å². The third-order valence-electron chi connectivity index (χ3n) is 4.52. The van der Waals surface area contributed by atoms with Crippen molar-refractivity contribution >= 4 is 34.8 Å². The molecule has 26 heavy (non-hydrogen) atoms. The van der Waals surface area contributed by atoms with Crippen molar-refractivity contribution in [2.24, 2.45) is 0 Å². The highest BCUT2D eigenvalue weighted by atomic mass is 35.5. The lowest BCUT2D eigenvalue weighted by molar-refractivity contribution is 0.0650. The van der Waals surface area contributed by atoms with Gasteiger partial charge in [0.1, 0.15) is 12.0 Å². The number of rotatable bonds is 6. The highest BCUT2D eigenvalue weighted by Crippen LogP contribution is 2.24. The number of hydrogen-bond donors (Lipinski definition) is 1. The third kappa shape index (κ3) is 4.82. The van der Waals surface area contributed by atoms with Crippen LogP contribution in [-0.4, -0.2) is 45.8 Å². The molecule has 7 nitrogen and oxygen atoms in total. The second kappa shape index (κ2) is 9.14. The molecule has 2 aromatic heterocycles. The Labute approximate surface area is 160 Å². The standard InChI is InChI=1S/C17H21ClN4O3S/c18-17-21-14(10-26-17)16(24)22(12-5-3-1-2-4-6-12)8-7-19-15(23)13-9-25-11-20-13/h9-12H,1-8H2,(H,19,23). The minimum Gasteiger partial charge on any atom is -0.451 e. The van der Waals surface area contributed by atoms with Crippen molar-refractivity contribution in [1.82, 2.24) is 20.2 Å². The van der Waals surface area contributed by atoms with Crippen LogP contribution in [0, 0.1) is 0 Å². The van der Waals surface area contributed by atoms with Gasteiger partial charge in [0.15, 0.2) is 16.6 Å². The maximum absolute atomic E-state index is 12.9. The maximum atomic E-state index is 12.9. The van der Waals surface area contributed by atoms with Gasteiger partial charge in [-0.3, -0.25) is 9.59 Å². The molecule has 1 saturated carbocycles. The monoisotopic (exact) mass is 396 g/mol. The molecule has 1 N–H and O–H groups in total. The second-order valence-corrected chi connectivity index (χ2v) is 7.70. The summed E-state index contributed by atoms with van der Waals surface area (Å²) in [6, 6.07) is 0.162. The maximum Gasteiger partial charge on any atom is 0.273 e. The quantitative estimate of drug-likeness (QED) is 0.756. The topological polar surface area (TPSA) is 88.3 Å². The molecule has 1 aliphatic rings. The first-order valence-corrected chi connectivity index (χ1v) is 9.99. The first-order valence-electron chi connectivity index (χ1n) is 8.73. The zero-order valence-electron chi connectivity index (χ0n) is 14.3. The molecule has 2 aromatic rings. The van der Waals surface area contributed by atoms with Gasteiger partial charge in [0, 0.05) is 24.5 Å². The van der Waals surface area contributed by atoms with E-state index in [2.05, 4.69) is 15.3 Å². The van der Waals surface area contributed by atoms with E-state index in [1.807, 2.05) is 4.90 Å². The Morgan fingerprint density at radius 1 is 1.27 bits per heavy atom. The fourth-order valence-corrected chi connectivity index (χ4v) is 3.96. The van der Waals surface area contributed by atoms with Gasteiger partial charge in [-0.2, -0.15) is 0 Å². The summed E-state index contributed by atoms with van der Waals surface area (Å²) < 4.78 is 5.17. The zero-order valence-corrected chi connectivity index (χ0v) is 15.9. The van der Waals surface area contributed by atoms with Crippen LogP contribution in [0.25, 0.3) is 0 Å². The molecule has 2 amide bonds. The van der Waals surface area contributed by atoms with Gasteiger partial charge in [0.05, 0.1) is 0 Å². The van der Waals surface area contributed by atoms with Gasteiger partial charge in [0.25, 0.3) is 11.8 Å². The van der Waals surface area contributed by atoms with E-state index in [1.54, 1.807) is 5.38 Å². The van der Waals surface area contributed by atoms with Crippen molar-refractivity contribution in [2.75, 3.05) is 13.1 Å². The van der Waals surface area contributed by atoms with Crippen molar-refractivity contribution in [3.05, 3.63) is 33.9 Å². The molecule has 3 rings (SSSR count). The first kappa shape index (κ1) is 18.8. The van der Waals surface area contributed by atoms with Crippen LogP contribution in [0.5, 0.6) is 0 Å². The molecule has 0 aliphatic heterocycles. The van der Waals surface area contributed by atoms with Gasteiger partial charge in [-0.15, -0.1) is 11.3 Å². The number of carbonyl (C=O) groups is 2. The highest BCUT2D eigenvalue weighted by Gasteiger charge is 2.27. The predicted octanol–water partition coefficient (Wildman–Crippen LogP) is 3.38. The molecule has 0 atom stereocenters. The fraction of sp³-hybridized carbons (Fsp3) is 0.529. The van der Waals surface area contributed by atoms with Gasteiger partial charge in [-0.25, -0.2) is 9.97 Å². The van der Waals surface area contributed by atoms with Crippen LogP contribution in [0.3, 0.4) is 0 Å². The number of hydrogen-bond acceptors (Lipinski definition) is 6. The molecule has 0 radical (unpaired) electrons. The van der Waals surface area contributed by atoms with Crippen LogP contribution >= 0.6 is 22.9 Å². The minimum atomic E-state index is -0.316. The van der Waals surface area contributed by atoms with E-state index in [0.29, 0.717) is 23.3 Å². The van der Waals surface area contributed by atoms with Gasteiger partial charge in [0.2, 0.25) is 0 Å². The Morgan fingerprint density at radius 2 is 2.04 bits per heavy atom. The van der Waals surface area contributed by atoms with Gasteiger partial charge in [-0.1, -0.05) is 37.3 Å². The van der Waals surface area contributed by atoms with E-state index in [1.165, 1.54) is 36.8 Å². The van der Waals surface area contributed by atoms with Crippen LogP contribution in [-0.2, 0) is 0 Å². The average Bonchev–Trinajstić information content (AvgIpc) is 3.25. The second-order valence-electron chi connectivity index (χ2n) is 6.26. The molecule has 1 fully saturated rings. The Kier molecular flexibility index (Phi) is 6.62. The van der Waals surface area contributed by atoms with Crippen molar-refractivity contribution in [2.45, 2.75) is 44.6 Å². The summed E-state index contributed by atoms with van der Waals surface area (Å²) in [4.78, 5) is 34.7. The van der Waals surface area contributed by atoms with Crippen LogP contribution in [0.2, 0.25) is 4.47 Å². The summed E-state index contributed by atoms with van der Waals surface area (Å²) in [5.41, 5.74) is 0.593. The molecule has 1 aliphatic carbocycles. The number of amides is 2. The van der Waals surface area contributed by atoms with E-state index in [0.717, 1.165) is 25.7 Å². The number of halogens is 1. The Hall–Kier alpha value is -1.93. The fourth-order valence-electron chi connectivity index (χ4n) is 3.22. The van der Waals surface area contributed by atoms with Crippen LogP contribution in [0.4, 0.5) is 0 Å². The smallest absolute Gasteiger partial charge is 0.273 e. The molecule has 0 aromatic carbocycles. The van der Waals surface area contributed by atoms with Gasteiger partial charge >= 0.3 is 0 Å². The Balaban J connectivity index is 1.65. The number of nitrogens with zero attached hydrogens (tertiary/aromatic N) is 3. The van der Waals surface area contributed by atoms with Crippen molar-refractivity contribution in [1.29, 1.82) is 0 Å². The highest BCUT2D eigenvalue weighted by molar-refractivity contribution is 7.14. The molecule has 0 bridgehead atoms. The van der Waals surface area contributed by atoms with Gasteiger partial charge < -0.3 is 14.6 Å². The molecular formula is C17H21ClN4O3S. The summed E-state index contributed by atoms with van der Waals surface area (Å²) in [5, 5.41) is 4.47. The molecule has 2 heterocycles.